The fourth-order valence-electron chi connectivity index (χ4n) is 2.28. The molecule has 0 bridgehead atoms. The molecule has 0 aromatic carbocycles. The van der Waals surface area contributed by atoms with Crippen molar-refractivity contribution in [2.45, 2.75) is 38.2 Å². The Morgan fingerprint density at radius 1 is 1.14 bits per heavy atom. The summed E-state index contributed by atoms with van der Waals surface area (Å²) in [5, 5.41) is 10.1. The van der Waals surface area contributed by atoms with E-state index in [9.17, 15) is 5.11 Å². The molecule has 0 saturated heterocycles. The number of aliphatic hydroxyl groups excluding tert-OH is 1. The molecule has 0 unspecified atom stereocenters. The SMILES string of the molecule is O[C@H](c1ccncc1)C1CCCCC1. The number of nitrogens with zero attached hydrogens (tertiary/aromatic N) is 1. The lowest BCUT2D eigenvalue weighted by molar-refractivity contribution is 0.0848. The first-order chi connectivity index (χ1) is 6.88. The summed E-state index contributed by atoms with van der Waals surface area (Å²) in [5.41, 5.74) is 1.02. The predicted molar refractivity (Wildman–Crippen MR) is 55.8 cm³/mol. The van der Waals surface area contributed by atoms with Gasteiger partial charge >= 0.3 is 0 Å². The minimum atomic E-state index is -0.279. The summed E-state index contributed by atoms with van der Waals surface area (Å²) in [6.45, 7) is 0. The molecule has 14 heavy (non-hydrogen) atoms. The van der Waals surface area contributed by atoms with Crippen LogP contribution in [0.3, 0.4) is 0 Å². The molecule has 0 radical (unpaired) electrons. The summed E-state index contributed by atoms with van der Waals surface area (Å²) in [5.74, 6) is 0.464. The highest BCUT2D eigenvalue weighted by Crippen LogP contribution is 2.33. The van der Waals surface area contributed by atoms with Gasteiger partial charge in [0.05, 0.1) is 6.10 Å². The van der Waals surface area contributed by atoms with Gasteiger partial charge < -0.3 is 5.11 Å². The van der Waals surface area contributed by atoms with Crippen molar-refractivity contribution in [3.63, 3.8) is 0 Å². The Morgan fingerprint density at radius 3 is 2.43 bits per heavy atom. The highest BCUT2D eigenvalue weighted by Gasteiger charge is 2.22. The van der Waals surface area contributed by atoms with Gasteiger partial charge in [0.1, 0.15) is 0 Å². The van der Waals surface area contributed by atoms with Gasteiger partial charge in [-0.3, -0.25) is 4.98 Å². The number of pyridine rings is 1. The number of aliphatic hydroxyl groups is 1. The zero-order valence-corrected chi connectivity index (χ0v) is 8.39. The number of hydrogen-bond acceptors (Lipinski definition) is 2. The van der Waals surface area contributed by atoms with E-state index >= 15 is 0 Å². The molecule has 2 nitrogen and oxygen atoms in total. The van der Waals surface area contributed by atoms with Crippen LogP contribution < -0.4 is 0 Å². The summed E-state index contributed by atoms with van der Waals surface area (Å²) in [7, 11) is 0. The van der Waals surface area contributed by atoms with E-state index in [1.54, 1.807) is 12.4 Å². The Balaban J connectivity index is 2.03. The van der Waals surface area contributed by atoms with Crippen LogP contribution in [0.4, 0.5) is 0 Å². The molecule has 2 heteroatoms. The van der Waals surface area contributed by atoms with Crippen LogP contribution in [-0.2, 0) is 0 Å². The highest BCUT2D eigenvalue weighted by atomic mass is 16.3. The zero-order valence-electron chi connectivity index (χ0n) is 8.39. The Labute approximate surface area is 85.0 Å². The van der Waals surface area contributed by atoms with Crippen LogP contribution in [0.15, 0.2) is 24.5 Å². The van der Waals surface area contributed by atoms with E-state index in [4.69, 9.17) is 0 Å². The van der Waals surface area contributed by atoms with Crippen molar-refractivity contribution in [2.24, 2.45) is 5.92 Å². The average molecular weight is 191 g/mol. The number of rotatable bonds is 2. The second kappa shape index (κ2) is 4.56. The first-order valence-corrected chi connectivity index (χ1v) is 5.46. The van der Waals surface area contributed by atoms with Crippen LogP contribution in [0, 0.1) is 5.92 Å². The topological polar surface area (TPSA) is 33.1 Å². The second-order valence-corrected chi connectivity index (χ2v) is 4.12. The summed E-state index contributed by atoms with van der Waals surface area (Å²) >= 11 is 0. The highest BCUT2D eigenvalue weighted by molar-refractivity contribution is 5.13. The summed E-state index contributed by atoms with van der Waals surface area (Å²) in [6, 6.07) is 3.83. The molecule has 1 aliphatic rings. The van der Waals surface area contributed by atoms with Gasteiger partial charge in [-0.05, 0) is 36.5 Å². The molecule has 1 heterocycles. The molecule has 1 atom stereocenters. The lowest BCUT2D eigenvalue weighted by Gasteiger charge is -2.26. The van der Waals surface area contributed by atoms with Gasteiger partial charge in [0, 0.05) is 12.4 Å². The van der Waals surface area contributed by atoms with E-state index in [0.717, 1.165) is 5.56 Å². The minimum absolute atomic E-state index is 0.279. The van der Waals surface area contributed by atoms with Gasteiger partial charge in [0.15, 0.2) is 0 Å². The second-order valence-electron chi connectivity index (χ2n) is 4.12. The minimum Gasteiger partial charge on any atom is -0.388 e. The predicted octanol–water partition coefficient (Wildman–Crippen LogP) is 2.70. The maximum absolute atomic E-state index is 10.1. The van der Waals surface area contributed by atoms with Gasteiger partial charge in [-0.15, -0.1) is 0 Å². The van der Waals surface area contributed by atoms with Gasteiger partial charge in [-0.2, -0.15) is 0 Å². The van der Waals surface area contributed by atoms with Crippen molar-refractivity contribution < 1.29 is 5.11 Å². The molecule has 2 rings (SSSR count). The number of aromatic nitrogens is 1. The van der Waals surface area contributed by atoms with Crippen molar-refractivity contribution in [3.8, 4) is 0 Å². The van der Waals surface area contributed by atoms with Crippen molar-refractivity contribution in [3.05, 3.63) is 30.1 Å². The van der Waals surface area contributed by atoms with E-state index in [0.29, 0.717) is 5.92 Å². The molecule has 1 aromatic heterocycles. The Morgan fingerprint density at radius 2 is 1.79 bits per heavy atom. The Kier molecular flexibility index (Phi) is 3.14. The first-order valence-electron chi connectivity index (χ1n) is 5.46. The summed E-state index contributed by atoms with van der Waals surface area (Å²) in [6.07, 6.45) is 9.44. The lowest BCUT2D eigenvalue weighted by Crippen LogP contribution is -2.15. The maximum atomic E-state index is 10.1. The third-order valence-corrected chi connectivity index (χ3v) is 3.14. The lowest BCUT2D eigenvalue weighted by atomic mass is 9.83. The molecule has 0 amide bonds. The molecule has 0 spiro atoms. The smallest absolute Gasteiger partial charge is 0.0819 e. The van der Waals surface area contributed by atoms with E-state index < -0.39 is 0 Å². The first kappa shape index (κ1) is 9.66. The van der Waals surface area contributed by atoms with Crippen LogP contribution >= 0.6 is 0 Å². The zero-order chi connectivity index (χ0) is 9.80. The van der Waals surface area contributed by atoms with Crippen LogP contribution in [-0.4, -0.2) is 10.1 Å². The molecule has 0 aliphatic heterocycles. The largest absolute Gasteiger partial charge is 0.388 e. The fourth-order valence-corrected chi connectivity index (χ4v) is 2.28. The standard InChI is InChI=1S/C12H17NO/c14-12(10-4-2-1-3-5-10)11-6-8-13-9-7-11/h6-10,12,14H,1-5H2/t12-/m0/s1. The summed E-state index contributed by atoms with van der Waals surface area (Å²) < 4.78 is 0. The molecule has 1 aliphatic carbocycles. The average Bonchev–Trinajstić information content (AvgIpc) is 2.30. The fraction of sp³-hybridized carbons (Fsp3) is 0.583. The third kappa shape index (κ3) is 2.13. The van der Waals surface area contributed by atoms with Crippen molar-refractivity contribution >= 4 is 0 Å². The van der Waals surface area contributed by atoms with E-state index in [2.05, 4.69) is 4.98 Å². The molecule has 1 fully saturated rings. The molecule has 76 valence electrons. The van der Waals surface area contributed by atoms with Crippen molar-refractivity contribution in [1.82, 2.24) is 4.98 Å². The normalized spacial score (nSPS) is 20.6. The monoisotopic (exact) mass is 191 g/mol. The van der Waals surface area contributed by atoms with Crippen LogP contribution in [0.25, 0.3) is 0 Å². The van der Waals surface area contributed by atoms with Gasteiger partial charge in [0.2, 0.25) is 0 Å². The van der Waals surface area contributed by atoms with E-state index in [1.807, 2.05) is 12.1 Å². The van der Waals surface area contributed by atoms with Gasteiger partial charge in [-0.1, -0.05) is 19.3 Å². The third-order valence-electron chi connectivity index (χ3n) is 3.14. The summed E-state index contributed by atoms with van der Waals surface area (Å²) in [4.78, 5) is 3.96. The maximum Gasteiger partial charge on any atom is 0.0819 e. The molecular formula is C12H17NO. The molecule has 1 saturated carbocycles. The molecule has 1 aromatic rings. The van der Waals surface area contributed by atoms with Gasteiger partial charge in [-0.25, -0.2) is 0 Å². The molecular weight excluding hydrogens is 174 g/mol. The quantitative estimate of drug-likeness (QED) is 0.779. The van der Waals surface area contributed by atoms with Gasteiger partial charge in [0.25, 0.3) is 0 Å². The Hall–Kier alpha value is -0.890. The van der Waals surface area contributed by atoms with Crippen molar-refractivity contribution in [1.29, 1.82) is 0 Å². The van der Waals surface area contributed by atoms with E-state index in [-0.39, 0.29) is 6.10 Å². The number of hydrogen-bond donors (Lipinski definition) is 1. The van der Waals surface area contributed by atoms with E-state index in [1.165, 1.54) is 32.1 Å². The van der Waals surface area contributed by atoms with Crippen LogP contribution in [0.2, 0.25) is 0 Å². The van der Waals surface area contributed by atoms with Crippen LogP contribution in [0.1, 0.15) is 43.8 Å². The van der Waals surface area contributed by atoms with Crippen LogP contribution in [0.5, 0.6) is 0 Å². The molecule has 1 N–H and O–H groups in total. The Bertz CT molecular complexity index is 267. The van der Waals surface area contributed by atoms with Crippen molar-refractivity contribution in [2.75, 3.05) is 0 Å².